The van der Waals surface area contributed by atoms with E-state index in [0.717, 1.165) is 12.1 Å². The lowest BCUT2D eigenvalue weighted by molar-refractivity contribution is 0.0697. The lowest BCUT2D eigenvalue weighted by atomic mass is 10.2. The Morgan fingerprint density at radius 3 is 3.00 bits per heavy atom. The number of nitrogens with zero attached hydrogens (tertiary/aromatic N) is 3. The van der Waals surface area contributed by atoms with Crippen LogP contribution in [-0.4, -0.2) is 32.4 Å². The highest BCUT2D eigenvalue weighted by atomic mass is 35.5. The predicted octanol–water partition coefficient (Wildman–Crippen LogP) is 1.82. The Kier molecular flexibility index (Phi) is 4.01. The summed E-state index contributed by atoms with van der Waals surface area (Å²) in [6.07, 6.45) is 3.83. The fourth-order valence-corrected chi connectivity index (χ4v) is 1.85. The summed E-state index contributed by atoms with van der Waals surface area (Å²) >= 11 is 5.74. The zero-order chi connectivity index (χ0) is 13.8. The lowest BCUT2D eigenvalue weighted by Gasteiger charge is -2.07. The summed E-state index contributed by atoms with van der Waals surface area (Å²) in [7, 11) is 1.87. The summed E-state index contributed by atoms with van der Waals surface area (Å²) < 4.78 is 1.79. The van der Waals surface area contributed by atoms with E-state index < -0.39 is 5.97 Å². The van der Waals surface area contributed by atoms with Crippen molar-refractivity contribution in [2.45, 2.75) is 6.42 Å². The van der Waals surface area contributed by atoms with Gasteiger partial charge >= 0.3 is 5.97 Å². The van der Waals surface area contributed by atoms with E-state index in [2.05, 4.69) is 15.4 Å². The summed E-state index contributed by atoms with van der Waals surface area (Å²) in [5, 5.41) is 16.2. The number of carboxylic acids is 1. The lowest BCUT2D eigenvalue weighted by Crippen LogP contribution is -2.10. The average molecular weight is 281 g/mol. The van der Waals surface area contributed by atoms with Gasteiger partial charge in [-0.3, -0.25) is 4.68 Å². The summed E-state index contributed by atoms with van der Waals surface area (Å²) in [4.78, 5) is 15.0. The summed E-state index contributed by atoms with van der Waals surface area (Å²) in [5.41, 5.74) is 1.12. The van der Waals surface area contributed by atoms with Crippen LogP contribution in [0.5, 0.6) is 0 Å². The molecule has 2 rings (SSSR count). The molecule has 0 saturated heterocycles. The van der Waals surface area contributed by atoms with Gasteiger partial charge in [-0.15, -0.1) is 0 Å². The summed E-state index contributed by atoms with van der Waals surface area (Å²) in [5.74, 6) is -0.578. The molecular formula is C12H13ClN4O2. The Morgan fingerprint density at radius 1 is 1.58 bits per heavy atom. The number of carboxylic acid groups (broad SMARTS) is 1. The first-order valence-corrected chi connectivity index (χ1v) is 6.05. The molecule has 6 nitrogen and oxygen atoms in total. The van der Waals surface area contributed by atoms with E-state index >= 15 is 0 Å². The highest BCUT2D eigenvalue weighted by molar-refractivity contribution is 6.33. The molecule has 0 aromatic carbocycles. The Hall–Kier alpha value is -2.08. The highest BCUT2D eigenvalue weighted by Crippen LogP contribution is 2.17. The maximum Gasteiger partial charge on any atom is 0.337 e. The highest BCUT2D eigenvalue weighted by Gasteiger charge is 2.10. The van der Waals surface area contributed by atoms with Crippen molar-refractivity contribution in [3.05, 3.63) is 40.8 Å². The third kappa shape index (κ3) is 3.23. The number of aryl methyl sites for hydroxylation is 1. The van der Waals surface area contributed by atoms with Crippen LogP contribution in [0, 0.1) is 0 Å². The Morgan fingerprint density at radius 2 is 2.37 bits per heavy atom. The molecule has 19 heavy (non-hydrogen) atoms. The molecule has 2 aromatic rings. The standard InChI is InChI=1S/C12H13ClN4O2/c1-17-8(3-5-16-17)2-4-14-11-6-9(12(18)19)10(13)7-15-11/h3,5-7H,2,4H2,1H3,(H,14,15)(H,18,19). The predicted molar refractivity (Wildman–Crippen MR) is 71.6 cm³/mol. The van der Waals surface area contributed by atoms with Crippen LogP contribution in [0.2, 0.25) is 5.02 Å². The minimum atomic E-state index is -1.07. The molecule has 0 spiro atoms. The van der Waals surface area contributed by atoms with Gasteiger partial charge < -0.3 is 10.4 Å². The molecule has 0 fully saturated rings. The van der Waals surface area contributed by atoms with Gasteiger partial charge in [0, 0.05) is 38.1 Å². The minimum absolute atomic E-state index is 0.0414. The van der Waals surface area contributed by atoms with Gasteiger partial charge in [0.25, 0.3) is 0 Å². The van der Waals surface area contributed by atoms with Crippen molar-refractivity contribution >= 4 is 23.4 Å². The van der Waals surface area contributed by atoms with Gasteiger partial charge in [-0.1, -0.05) is 11.6 Å². The van der Waals surface area contributed by atoms with Crippen LogP contribution < -0.4 is 5.32 Å². The van der Waals surface area contributed by atoms with Crippen LogP contribution in [0.15, 0.2) is 24.5 Å². The molecule has 7 heteroatoms. The van der Waals surface area contributed by atoms with Gasteiger partial charge in [-0.05, 0) is 12.1 Å². The first-order valence-electron chi connectivity index (χ1n) is 5.67. The Balaban J connectivity index is 1.98. The number of anilines is 1. The number of pyridine rings is 1. The monoisotopic (exact) mass is 280 g/mol. The maximum absolute atomic E-state index is 10.9. The van der Waals surface area contributed by atoms with Crippen LogP contribution in [0.4, 0.5) is 5.82 Å². The second-order valence-corrected chi connectivity index (χ2v) is 4.38. The van der Waals surface area contributed by atoms with E-state index in [1.54, 1.807) is 10.9 Å². The molecule has 2 N–H and O–H groups in total. The number of hydrogen-bond acceptors (Lipinski definition) is 4. The van der Waals surface area contributed by atoms with Gasteiger partial charge in [0.2, 0.25) is 0 Å². The molecule has 0 aliphatic carbocycles. The van der Waals surface area contributed by atoms with Crippen molar-refractivity contribution in [3.8, 4) is 0 Å². The number of hydrogen-bond donors (Lipinski definition) is 2. The molecule has 0 amide bonds. The number of aromatic carboxylic acids is 1. The van der Waals surface area contributed by atoms with Crippen molar-refractivity contribution in [1.82, 2.24) is 14.8 Å². The molecular weight excluding hydrogens is 268 g/mol. The zero-order valence-electron chi connectivity index (χ0n) is 10.3. The van der Waals surface area contributed by atoms with E-state index in [-0.39, 0.29) is 10.6 Å². The largest absolute Gasteiger partial charge is 0.478 e. The fraction of sp³-hybridized carbons (Fsp3) is 0.250. The number of rotatable bonds is 5. The van der Waals surface area contributed by atoms with E-state index in [0.29, 0.717) is 12.4 Å². The molecule has 2 aromatic heterocycles. The Labute approximate surface area is 115 Å². The Bertz CT molecular complexity index is 597. The van der Waals surface area contributed by atoms with Crippen molar-refractivity contribution in [1.29, 1.82) is 0 Å². The number of nitrogens with one attached hydrogen (secondary N) is 1. The van der Waals surface area contributed by atoms with Gasteiger partial charge in [0.05, 0.1) is 10.6 Å². The topological polar surface area (TPSA) is 80.0 Å². The SMILES string of the molecule is Cn1nccc1CCNc1cc(C(=O)O)c(Cl)cn1. The molecule has 0 atom stereocenters. The molecule has 0 aliphatic rings. The number of aromatic nitrogens is 3. The molecule has 2 heterocycles. The van der Waals surface area contributed by atoms with E-state index in [1.165, 1.54) is 12.3 Å². The summed E-state index contributed by atoms with van der Waals surface area (Å²) in [6, 6.07) is 3.35. The molecule has 0 bridgehead atoms. The zero-order valence-corrected chi connectivity index (χ0v) is 11.1. The van der Waals surface area contributed by atoms with Crippen molar-refractivity contribution < 1.29 is 9.90 Å². The molecule has 0 aliphatic heterocycles. The van der Waals surface area contributed by atoms with E-state index in [4.69, 9.17) is 16.7 Å². The number of halogens is 1. The first-order chi connectivity index (χ1) is 9.08. The van der Waals surface area contributed by atoms with Crippen molar-refractivity contribution in [2.75, 3.05) is 11.9 Å². The normalized spacial score (nSPS) is 10.4. The van der Waals surface area contributed by atoms with Crippen LogP contribution in [0.3, 0.4) is 0 Å². The maximum atomic E-state index is 10.9. The van der Waals surface area contributed by atoms with Gasteiger partial charge in [0.1, 0.15) is 5.82 Å². The quantitative estimate of drug-likeness (QED) is 0.873. The average Bonchev–Trinajstić information content (AvgIpc) is 2.77. The van der Waals surface area contributed by atoms with Crippen LogP contribution in [0.1, 0.15) is 16.1 Å². The first kappa shape index (κ1) is 13.4. The van der Waals surface area contributed by atoms with Gasteiger partial charge in [-0.25, -0.2) is 9.78 Å². The van der Waals surface area contributed by atoms with Gasteiger partial charge in [-0.2, -0.15) is 5.10 Å². The second-order valence-electron chi connectivity index (χ2n) is 3.98. The molecule has 0 radical (unpaired) electrons. The van der Waals surface area contributed by atoms with E-state index in [1.807, 2.05) is 13.1 Å². The number of carbonyl (C=O) groups is 1. The van der Waals surface area contributed by atoms with Gasteiger partial charge in [0.15, 0.2) is 0 Å². The molecule has 0 saturated carbocycles. The van der Waals surface area contributed by atoms with Crippen LogP contribution >= 0.6 is 11.6 Å². The second kappa shape index (κ2) is 5.71. The van der Waals surface area contributed by atoms with Crippen LogP contribution in [0.25, 0.3) is 0 Å². The van der Waals surface area contributed by atoms with Crippen LogP contribution in [-0.2, 0) is 13.5 Å². The molecule has 100 valence electrons. The minimum Gasteiger partial charge on any atom is -0.478 e. The summed E-state index contributed by atoms with van der Waals surface area (Å²) in [6.45, 7) is 0.632. The van der Waals surface area contributed by atoms with E-state index in [9.17, 15) is 4.79 Å². The van der Waals surface area contributed by atoms with Crippen molar-refractivity contribution in [2.24, 2.45) is 7.05 Å². The smallest absolute Gasteiger partial charge is 0.337 e. The molecule has 0 unspecified atom stereocenters. The third-order valence-corrected chi connectivity index (χ3v) is 3.00. The fourth-order valence-electron chi connectivity index (χ4n) is 1.66. The third-order valence-electron chi connectivity index (χ3n) is 2.70. The van der Waals surface area contributed by atoms with Crippen molar-refractivity contribution in [3.63, 3.8) is 0 Å².